The van der Waals surface area contributed by atoms with Crippen molar-refractivity contribution in [3.05, 3.63) is 48.0 Å². The highest BCUT2D eigenvalue weighted by Crippen LogP contribution is 2.31. The molecule has 0 saturated carbocycles. The van der Waals surface area contributed by atoms with E-state index in [-0.39, 0.29) is 5.78 Å². The lowest BCUT2D eigenvalue weighted by atomic mass is 10.1. The molecule has 2 fully saturated rings. The third-order valence-electron chi connectivity index (χ3n) is 6.32. The first-order valence-corrected chi connectivity index (χ1v) is 11.1. The summed E-state index contributed by atoms with van der Waals surface area (Å²) in [5.74, 6) is 1.23. The Balaban J connectivity index is 1.43. The molecular weight excluding hydrogens is 392 g/mol. The van der Waals surface area contributed by atoms with Crippen molar-refractivity contribution in [2.45, 2.75) is 19.3 Å². The standard InChI is InChI=1S/C23H28N6O2/c1-29(11-5-2-6-12-29)13-8-25-23-22(19-7-3-4-10-28(19)27-23)26-17-16-21-18(15-20(17)30)24-9-14-31-21/h3-4,7,10,15-16H,2,5-6,8-9,11-14H2,1H3,(H-,24,25,27,30)/p+1. The van der Waals surface area contributed by atoms with Gasteiger partial charge < -0.3 is 19.9 Å². The number of likely N-dealkylation sites (tertiary alicyclic amines) is 1. The van der Waals surface area contributed by atoms with E-state index in [2.05, 4.69) is 17.7 Å². The number of pyridine rings is 1. The summed E-state index contributed by atoms with van der Waals surface area (Å²) in [6.45, 7) is 5.58. The smallest absolute Gasteiger partial charge is 0.206 e. The number of carbonyl (C=O) groups excluding carboxylic acids is 1. The first kappa shape index (κ1) is 19.8. The number of hydrogen-bond acceptors (Lipinski definition) is 6. The molecule has 4 heterocycles. The van der Waals surface area contributed by atoms with Gasteiger partial charge in [0.25, 0.3) is 0 Å². The van der Waals surface area contributed by atoms with Gasteiger partial charge in [-0.15, -0.1) is 5.10 Å². The van der Waals surface area contributed by atoms with Crippen LogP contribution < -0.4 is 10.6 Å². The van der Waals surface area contributed by atoms with Gasteiger partial charge in [0, 0.05) is 24.9 Å². The average Bonchev–Trinajstić information content (AvgIpc) is 3.12. The molecule has 31 heavy (non-hydrogen) atoms. The lowest BCUT2D eigenvalue weighted by molar-refractivity contribution is -0.912. The normalized spacial score (nSPS) is 21.7. The third kappa shape index (κ3) is 4.07. The van der Waals surface area contributed by atoms with Gasteiger partial charge in [0.2, 0.25) is 5.78 Å². The minimum Gasteiger partial charge on any atom is -0.490 e. The molecule has 0 aromatic carbocycles. The van der Waals surface area contributed by atoms with E-state index >= 15 is 0 Å². The zero-order chi connectivity index (χ0) is 21.3. The average molecular weight is 422 g/mol. The summed E-state index contributed by atoms with van der Waals surface area (Å²) in [6, 6.07) is 5.86. The number of quaternary nitrogens is 1. The highest BCUT2D eigenvalue weighted by Gasteiger charge is 2.26. The number of fused-ring (bicyclic) bond motifs is 2. The van der Waals surface area contributed by atoms with Gasteiger partial charge >= 0.3 is 0 Å². The zero-order valence-corrected chi connectivity index (χ0v) is 17.9. The summed E-state index contributed by atoms with van der Waals surface area (Å²) in [7, 11) is 2.33. The van der Waals surface area contributed by atoms with E-state index < -0.39 is 0 Å². The number of likely N-dealkylation sites (N-methyl/N-ethyl adjacent to an activating group) is 1. The van der Waals surface area contributed by atoms with Crippen LogP contribution in [-0.4, -0.2) is 72.0 Å². The van der Waals surface area contributed by atoms with Crippen LogP contribution in [0, 0.1) is 0 Å². The van der Waals surface area contributed by atoms with Crippen LogP contribution in [0.4, 0.5) is 11.5 Å². The minimum atomic E-state index is -0.135. The van der Waals surface area contributed by atoms with Crippen molar-refractivity contribution in [1.29, 1.82) is 0 Å². The van der Waals surface area contributed by atoms with Gasteiger partial charge in [-0.3, -0.25) is 4.79 Å². The van der Waals surface area contributed by atoms with Gasteiger partial charge in [-0.1, -0.05) is 6.07 Å². The molecule has 0 spiro atoms. The molecule has 2 N–H and O–H groups in total. The minimum absolute atomic E-state index is 0.135. The van der Waals surface area contributed by atoms with Crippen LogP contribution in [0.25, 0.3) is 5.52 Å². The van der Waals surface area contributed by atoms with Crippen molar-refractivity contribution in [2.24, 2.45) is 4.99 Å². The number of aliphatic imine (C=N–C) groups is 1. The van der Waals surface area contributed by atoms with E-state index in [4.69, 9.17) is 14.8 Å². The van der Waals surface area contributed by atoms with E-state index in [0.717, 1.165) is 28.8 Å². The van der Waals surface area contributed by atoms with E-state index in [9.17, 15) is 4.79 Å². The Kier molecular flexibility index (Phi) is 5.23. The van der Waals surface area contributed by atoms with Crippen LogP contribution in [0.5, 0.6) is 0 Å². The summed E-state index contributed by atoms with van der Waals surface area (Å²) in [5, 5.41) is 11.4. The number of anilines is 1. The molecule has 0 bridgehead atoms. The van der Waals surface area contributed by atoms with Gasteiger partial charge in [-0.05, 0) is 31.4 Å². The van der Waals surface area contributed by atoms with E-state index in [1.54, 1.807) is 16.7 Å². The number of ketones is 1. The number of rotatable bonds is 5. The van der Waals surface area contributed by atoms with Crippen LogP contribution in [0.15, 0.2) is 53.0 Å². The molecule has 5 rings (SSSR count). The molecule has 162 valence electrons. The number of nitrogens with one attached hydrogen (secondary N) is 2. The van der Waals surface area contributed by atoms with Gasteiger partial charge in [-0.2, -0.15) is 0 Å². The predicted octanol–water partition coefficient (Wildman–Crippen LogP) is 2.42. The fourth-order valence-electron chi connectivity index (χ4n) is 4.52. The Labute approximate surface area is 181 Å². The molecule has 3 aliphatic rings. The summed E-state index contributed by atoms with van der Waals surface area (Å²) in [5.41, 5.74) is 2.63. The van der Waals surface area contributed by atoms with Crippen molar-refractivity contribution in [2.75, 3.05) is 51.7 Å². The lowest BCUT2D eigenvalue weighted by Gasteiger charge is -2.37. The van der Waals surface area contributed by atoms with Crippen LogP contribution in [0.3, 0.4) is 0 Å². The quantitative estimate of drug-likeness (QED) is 0.573. The fraction of sp³-hybridized carbons (Fsp3) is 0.435. The number of morpholine rings is 1. The largest absolute Gasteiger partial charge is 0.490 e. The van der Waals surface area contributed by atoms with Crippen molar-refractivity contribution >= 4 is 28.5 Å². The summed E-state index contributed by atoms with van der Waals surface area (Å²) >= 11 is 0. The Morgan fingerprint density at radius 3 is 3.00 bits per heavy atom. The summed E-state index contributed by atoms with van der Waals surface area (Å²) in [6.07, 6.45) is 9.12. The van der Waals surface area contributed by atoms with Crippen LogP contribution >= 0.6 is 0 Å². The maximum Gasteiger partial charge on any atom is 0.206 e. The second kappa shape index (κ2) is 8.19. The molecule has 0 amide bonds. The first-order valence-electron chi connectivity index (χ1n) is 11.1. The number of piperidine rings is 1. The molecule has 0 radical (unpaired) electrons. The number of nitrogens with zero attached hydrogens (tertiary/aromatic N) is 4. The molecule has 0 unspecified atom stereocenters. The third-order valence-corrected chi connectivity index (χ3v) is 6.32. The summed E-state index contributed by atoms with van der Waals surface area (Å²) in [4.78, 5) is 17.4. The molecule has 8 nitrogen and oxygen atoms in total. The Bertz CT molecular complexity index is 1090. The van der Waals surface area contributed by atoms with E-state index in [1.165, 1.54) is 32.4 Å². The number of ether oxygens (including phenoxy) is 1. The first-order chi connectivity index (χ1) is 15.1. The maximum absolute atomic E-state index is 12.7. The Morgan fingerprint density at radius 1 is 1.26 bits per heavy atom. The lowest BCUT2D eigenvalue weighted by Crippen LogP contribution is -2.50. The molecule has 0 atom stereocenters. The van der Waals surface area contributed by atoms with Gasteiger partial charge in [0.1, 0.15) is 23.8 Å². The fourth-order valence-corrected chi connectivity index (χ4v) is 4.52. The highest BCUT2D eigenvalue weighted by molar-refractivity contribution is 6.49. The Hall–Kier alpha value is -3.13. The molecule has 2 aliphatic heterocycles. The van der Waals surface area contributed by atoms with Crippen molar-refractivity contribution in [3.63, 3.8) is 0 Å². The zero-order valence-electron chi connectivity index (χ0n) is 17.9. The second-order valence-corrected chi connectivity index (χ2v) is 8.71. The number of aromatic nitrogens is 2. The van der Waals surface area contributed by atoms with Gasteiger partial charge in [-0.25, -0.2) is 9.51 Å². The molecule has 2 aromatic heterocycles. The molecule has 2 saturated heterocycles. The molecule has 2 aromatic rings. The Morgan fingerprint density at radius 2 is 2.13 bits per heavy atom. The second-order valence-electron chi connectivity index (χ2n) is 8.71. The van der Waals surface area contributed by atoms with E-state index in [0.29, 0.717) is 36.1 Å². The number of carbonyl (C=O) groups is 1. The van der Waals surface area contributed by atoms with E-state index in [1.807, 2.05) is 24.4 Å². The molecule has 8 heteroatoms. The van der Waals surface area contributed by atoms with Crippen molar-refractivity contribution < 1.29 is 14.0 Å². The van der Waals surface area contributed by atoms with Crippen molar-refractivity contribution in [3.8, 4) is 0 Å². The van der Waals surface area contributed by atoms with Gasteiger partial charge in [0.15, 0.2) is 5.82 Å². The maximum atomic E-state index is 12.7. The van der Waals surface area contributed by atoms with Crippen LogP contribution in [0.1, 0.15) is 19.3 Å². The number of hydrogen-bond donors (Lipinski definition) is 2. The summed E-state index contributed by atoms with van der Waals surface area (Å²) < 4.78 is 8.59. The molecule has 1 aliphatic carbocycles. The van der Waals surface area contributed by atoms with Gasteiger partial charge in [0.05, 0.1) is 44.4 Å². The van der Waals surface area contributed by atoms with Crippen LogP contribution in [-0.2, 0) is 9.53 Å². The van der Waals surface area contributed by atoms with Crippen LogP contribution in [0.2, 0.25) is 0 Å². The SMILES string of the molecule is C[N+]1(CCNc2nn3ccccc3c2N=C2C=C3OCCNC3=CC2=O)CCCCC1. The topological polar surface area (TPSA) is 80.0 Å². The predicted molar refractivity (Wildman–Crippen MR) is 121 cm³/mol. The highest BCUT2D eigenvalue weighted by atomic mass is 16.5. The monoisotopic (exact) mass is 421 g/mol. The molecular formula is C23H29N6O2+. The van der Waals surface area contributed by atoms with Crippen molar-refractivity contribution in [1.82, 2.24) is 14.9 Å². The number of allylic oxidation sites excluding steroid dienone is 2.